The molecule has 1 aliphatic rings. The van der Waals surface area contributed by atoms with Gasteiger partial charge in [-0.1, -0.05) is 12.1 Å². The van der Waals surface area contributed by atoms with Gasteiger partial charge in [-0.15, -0.1) is 0 Å². The minimum atomic E-state index is -0.445. The summed E-state index contributed by atoms with van der Waals surface area (Å²) in [6, 6.07) is 6.36. The smallest absolute Gasteiger partial charge is 0.310 e. The molecule has 0 aromatic heterocycles. The molecular weight excluding hydrogens is 248 g/mol. The van der Waals surface area contributed by atoms with Gasteiger partial charge in [-0.25, -0.2) is 0 Å². The van der Waals surface area contributed by atoms with Crippen LogP contribution in [0, 0.1) is 10.1 Å². The molecule has 19 heavy (non-hydrogen) atoms. The summed E-state index contributed by atoms with van der Waals surface area (Å²) in [6.45, 7) is 5.76. The van der Waals surface area contributed by atoms with E-state index < -0.39 is 4.92 Å². The highest BCUT2D eigenvalue weighted by atomic mass is 16.6. The molecule has 0 radical (unpaired) electrons. The van der Waals surface area contributed by atoms with Crippen LogP contribution in [0.5, 0.6) is 5.75 Å². The number of ether oxygens (including phenoxy) is 2. The quantitative estimate of drug-likeness (QED) is 0.663. The molecule has 0 spiro atoms. The molecule has 1 aromatic carbocycles. The first-order chi connectivity index (χ1) is 8.98. The molecule has 6 nitrogen and oxygen atoms in total. The number of nitrogens with one attached hydrogen (secondary N) is 1. The lowest BCUT2D eigenvalue weighted by molar-refractivity contribution is -0.386. The van der Waals surface area contributed by atoms with Crippen LogP contribution in [-0.4, -0.2) is 36.3 Å². The van der Waals surface area contributed by atoms with Crippen LogP contribution >= 0.6 is 0 Å². The van der Waals surface area contributed by atoms with Crippen molar-refractivity contribution in [2.75, 3.05) is 19.7 Å². The van der Waals surface area contributed by atoms with E-state index in [9.17, 15) is 10.1 Å². The molecule has 1 fully saturated rings. The van der Waals surface area contributed by atoms with Crippen molar-refractivity contribution >= 4 is 5.69 Å². The Morgan fingerprint density at radius 2 is 2.26 bits per heavy atom. The highest BCUT2D eigenvalue weighted by Crippen LogP contribution is 2.26. The van der Waals surface area contributed by atoms with Crippen LogP contribution in [0.15, 0.2) is 24.3 Å². The van der Waals surface area contributed by atoms with Gasteiger partial charge in [0.1, 0.15) is 12.7 Å². The van der Waals surface area contributed by atoms with Crippen LogP contribution in [-0.2, 0) is 4.74 Å². The van der Waals surface area contributed by atoms with E-state index >= 15 is 0 Å². The number of hydrogen-bond acceptors (Lipinski definition) is 5. The van der Waals surface area contributed by atoms with Gasteiger partial charge in [0.2, 0.25) is 0 Å². The van der Waals surface area contributed by atoms with E-state index in [1.165, 1.54) is 6.07 Å². The molecule has 1 unspecified atom stereocenters. The van der Waals surface area contributed by atoms with Gasteiger partial charge in [-0.2, -0.15) is 0 Å². The average molecular weight is 266 g/mol. The number of nitro benzene ring substituents is 1. The van der Waals surface area contributed by atoms with E-state index in [0.717, 1.165) is 6.54 Å². The Hall–Kier alpha value is -1.66. The van der Waals surface area contributed by atoms with E-state index in [1.807, 2.05) is 13.8 Å². The zero-order valence-corrected chi connectivity index (χ0v) is 11.1. The maximum absolute atomic E-state index is 10.9. The van der Waals surface area contributed by atoms with Gasteiger partial charge in [-0.05, 0) is 19.9 Å². The number of rotatable bonds is 4. The topological polar surface area (TPSA) is 73.6 Å². The number of morpholine rings is 1. The SMILES string of the molecule is CC1(C)CNCC(COc2ccccc2[N+](=O)[O-])O1. The molecule has 1 N–H and O–H groups in total. The van der Waals surface area contributed by atoms with Gasteiger partial charge in [0.15, 0.2) is 5.75 Å². The van der Waals surface area contributed by atoms with Crippen LogP contribution < -0.4 is 10.1 Å². The van der Waals surface area contributed by atoms with Crippen LogP contribution in [0.2, 0.25) is 0 Å². The lowest BCUT2D eigenvalue weighted by Crippen LogP contribution is -2.52. The van der Waals surface area contributed by atoms with Crippen molar-refractivity contribution in [1.29, 1.82) is 0 Å². The minimum absolute atomic E-state index is 0.0227. The molecule has 0 amide bonds. The molecule has 1 atom stereocenters. The molecule has 2 rings (SSSR count). The third-order valence-corrected chi connectivity index (χ3v) is 2.90. The molecule has 6 heteroatoms. The predicted octanol–water partition coefficient (Wildman–Crippen LogP) is 1.74. The first-order valence-corrected chi connectivity index (χ1v) is 6.23. The molecule has 0 saturated carbocycles. The summed E-state index contributed by atoms with van der Waals surface area (Å²) in [4.78, 5) is 10.4. The first kappa shape index (κ1) is 13.8. The Morgan fingerprint density at radius 1 is 1.53 bits per heavy atom. The third kappa shape index (κ3) is 3.65. The zero-order chi connectivity index (χ0) is 13.9. The fraction of sp³-hybridized carbons (Fsp3) is 0.538. The average Bonchev–Trinajstić information content (AvgIpc) is 2.35. The maximum atomic E-state index is 10.9. The summed E-state index contributed by atoms with van der Waals surface area (Å²) < 4.78 is 11.4. The molecule has 1 heterocycles. The van der Waals surface area contributed by atoms with Gasteiger partial charge >= 0.3 is 5.69 Å². The van der Waals surface area contributed by atoms with Crippen molar-refractivity contribution in [3.05, 3.63) is 34.4 Å². The minimum Gasteiger partial charge on any atom is -0.484 e. The van der Waals surface area contributed by atoms with Crippen LogP contribution in [0.1, 0.15) is 13.8 Å². The molecule has 0 bridgehead atoms. The Labute approximate surface area is 111 Å². The van der Waals surface area contributed by atoms with E-state index in [2.05, 4.69) is 5.32 Å². The second-order valence-electron chi connectivity index (χ2n) is 5.17. The highest BCUT2D eigenvalue weighted by molar-refractivity contribution is 5.45. The molecule has 104 valence electrons. The summed E-state index contributed by atoms with van der Waals surface area (Å²) >= 11 is 0. The summed E-state index contributed by atoms with van der Waals surface area (Å²) in [7, 11) is 0. The third-order valence-electron chi connectivity index (χ3n) is 2.90. The number of nitro groups is 1. The Kier molecular flexibility index (Phi) is 4.01. The van der Waals surface area contributed by atoms with Crippen LogP contribution in [0.3, 0.4) is 0 Å². The largest absolute Gasteiger partial charge is 0.484 e. The molecule has 0 aliphatic carbocycles. The predicted molar refractivity (Wildman–Crippen MR) is 70.4 cm³/mol. The van der Waals surface area contributed by atoms with Gasteiger partial charge in [0.05, 0.1) is 10.5 Å². The van der Waals surface area contributed by atoms with Crippen molar-refractivity contribution in [3.8, 4) is 5.75 Å². The monoisotopic (exact) mass is 266 g/mol. The van der Waals surface area contributed by atoms with Crippen LogP contribution in [0.4, 0.5) is 5.69 Å². The van der Waals surface area contributed by atoms with E-state index in [1.54, 1.807) is 18.2 Å². The molecular formula is C13H18N2O4. The fourth-order valence-electron chi connectivity index (χ4n) is 2.07. The normalized spacial score (nSPS) is 21.9. The van der Waals surface area contributed by atoms with Crippen molar-refractivity contribution < 1.29 is 14.4 Å². The second kappa shape index (κ2) is 5.54. The van der Waals surface area contributed by atoms with E-state index in [0.29, 0.717) is 13.2 Å². The lowest BCUT2D eigenvalue weighted by Gasteiger charge is -2.36. The van der Waals surface area contributed by atoms with Gasteiger partial charge < -0.3 is 14.8 Å². The van der Waals surface area contributed by atoms with Crippen molar-refractivity contribution in [2.24, 2.45) is 0 Å². The Bertz CT molecular complexity index is 462. The first-order valence-electron chi connectivity index (χ1n) is 6.23. The summed E-state index contributed by atoms with van der Waals surface area (Å²) in [5, 5.41) is 14.1. The Balaban J connectivity index is 1.97. The molecule has 1 aromatic rings. The number of para-hydroxylation sites is 2. The lowest BCUT2D eigenvalue weighted by atomic mass is 10.1. The summed E-state index contributed by atoms with van der Waals surface area (Å²) in [6.07, 6.45) is -0.108. The molecule has 1 aliphatic heterocycles. The highest BCUT2D eigenvalue weighted by Gasteiger charge is 2.29. The summed E-state index contributed by atoms with van der Waals surface area (Å²) in [5.74, 6) is 0.277. The van der Waals surface area contributed by atoms with Gasteiger partial charge in [0, 0.05) is 19.2 Å². The van der Waals surface area contributed by atoms with Gasteiger partial charge in [-0.3, -0.25) is 10.1 Å². The van der Waals surface area contributed by atoms with Crippen molar-refractivity contribution in [3.63, 3.8) is 0 Å². The zero-order valence-electron chi connectivity index (χ0n) is 11.1. The summed E-state index contributed by atoms with van der Waals surface area (Å²) in [5.41, 5.74) is -0.264. The van der Waals surface area contributed by atoms with Crippen molar-refractivity contribution in [1.82, 2.24) is 5.32 Å². The van der Waals surface area contributed by atoms with Crippen molar-refractivity contribution in [2.45, 2.75) is 25.6 Å². The number of hydrogen-bond donors (Lipinski definition) is 1. The Morgan fingerprint density at radius 3 is 2.95 bits per heavy atom. The van der Waals surface area contributed by atoms with Gasteiger partial charge in [0.25, 0.3) is 0 Å². The maximum Gasteiger partial charge on any atom is 0.310 e. The molecule has 1 saturated heterocycles. The van der Waals surface area contributed by atoms with E-state index in [-0.39, 0.29) is 23.1 Å². The number of nitrogens with zero attached hydrogens (tertiary/aromatic N) is 1. The fourth-order valence-corrected chi connectivity index (χ4v) is 2.07. The second-order valence-corrected chi connectivity index (χ2v) is 5.17. The van der Waals surface area contributed by atoms with E-state index in [4.69, 9.17) is 9.47 Å². The standard InChI is InChI=1S/C13H18N2O4/c1-13(2)9-14-7-10(19-13)8-18-12-6-4-3-5-11(12)15(16)17/h3-6,10,14H,7-9H2,1-2H3. The number of benzene rings is 1. The van der Waals surface area contributed by atoms with Crippen LogP contribution in [0.25, 0.3) is 0 Å².